The Morgan fingerprint density at radius 2 is 1.88 bits per heavy atom. The molecule has 2 aromatic carbocycles. The molecule has 1 amide bonds. The van der Waals surface area contributed by atoms with Crippen molar-refractivity contribution in [2.45, 2.75) is 20.4 Å². The smallest absolute Gasteiger partial charge is 0.338 e. The van der Waals surface area contributed by atoms with Crippen molar-refractivity contribution in [2.75, 3.05) is 19.5 Å². The molecule has 0 aliphatic rings. The van der Waals surface area contributed by atoms with Crippen molar-refractivity contribution >= 4 is 23.3 Å². The number of rotatable bonds is 7. The number of carbonyl (C=O) groups is 2. The molecule has 0 atom stereocenters. The molecule has 32 heavy (non-hydrogen) atoms. The first kappa shape index (κ1) is 22.5. The topological polar surface area (TPSA) is 126 Å². The van der Waals surface area contributed by atoms with Gasteiger partial charge in [-0.3, -0.25) is 19.6 Å². The Balaban J connectivity index is 1.88. The van der Waals surface area contributed by atoms with Crippen molar-refractivity contribution in [1.82, 2.24) is 9.78 Å². The Labute approximate surface area is 183 Å². The van der Waals surface area contributed by atoms with Gasteiger partial charge in [0.2, 0.25) is 0 Å². The second-order valence-corrected chi connectivity index (χ2v) is 6.95. The lowest BCUT2D eigenvalue weighted by atomic mass is 10.1. The van der Waals surface area contributed by atoms with E-state index in [9.17, 15) is 19.7 Å². The lowest BCUT2D eigenvalue weighted by Gasteiger charge is -2.10. The number of carbonyl (C=O) groups excluding carboxylic acids is 2. The number of nitro benzene ring substituents is 1. The van der Waals surface area contributed by atoms with Gasteiger partial charge in [0, 0.05) is 11.6 Å². The van der Waals surface area contributed by atoms with Crippen molar-refractivity contribution < 1.29 is 24.0 Å². The van der Waals surface area contributed by atoms with Gasteiger partial charge in [0.25, 0.3) is 5.91 Å². The molecule has 10 nitrogen and oxygen atoms in total. The minimum atomic E-state index is -0.608. The zero-order chi connectivity index (χ0) is 23.4. The van der Waals surface area contributed by atoms with Crippen LogP contribution in [-0.4, -0.2) is 40.8 Å². The zero-order valence-electron chi connectivity index (χ0n) is 18.0. The first-order valence-electron chi connectivity index (χ1n) is 9.60. The van der Waals surface area contributed by atoms with E-state index >= 15 is 0 Å². The molecule has 0 bridgehead atoms. The average Bonchev–Trinajstić information content (AvgIpc) is 3.05. The van der Waals surface area contributed by atoms with Gasteiger partial charge in [0.05, 0.1) is 48.3 Å². The van der Waals surface area contributed by atoms with Crippen LogP contribution in [0, 0.1) is 24.0 Å². The van der Waals surface area contributed by atoms with E-state index in [0.717, 1.165) is 6.07 Å². The number of benzene rings is 2. The number of amides is 1. The van der Waals surface area contributed by atoms with Gasteiger partial charge in [0.1, 0.15) is 0 Å². The predicted molar refractivity (Wildman–Crippen MR) is 116 cm³/mol. The van der Waals surface area contributed by atoms with Gasteiger partial charge in [-0.1, -0.05) is 18.2 Å². The van der Waals surface area contributed by atoms with Crippen LogP contribution >= 0.6 is 0 Å². The van der Waals surface area contributed by atoms with E-state index in [-0.39, 0.29) is 17.0 Å². The van der Waals surface area contributed by atoms with Gasteiger partial charge in [-0.05, 0) is 37.6 Å². The normalized spacial score (nSPS) is 10.5. The van der Waals surface area contributed by atoms with Gasteiger partial charge < -0.3 is 14.8 Å². The summed E-state index contributed by atoms with van der Waals surface area (Å²) >= 11 is 0. The maximum atomic E-state index is 12.8. The predicted octanol–water partition coefficient (Wildman–Crippen LogP) is 3.50. The van der Waals surface area contributed by atoms with Crippen LogP contribution in [0.4, 0.5) is 11.4 Å². The molecule has 10 heteroatoms. The molecule has 0 fully saturated rings. The third kappa shape index (κ3) is 4.43. The molecule has 0 aliphatic carbocycles. The lowest BCUT2D eigenvalue weighted by molar-refractivity contribution is -0.385. The number of hydrogen-bond donors (Lipinski definition) is 1. The Hall–Kier alpha value is -4.21. The Kier molecular flexibility index (Phi) is 6.53. The Morgan fingerprint density at radius 1 is 1.16 bits per heavy atom. The summed E-state index contributed by atoms with van der Waals surface area (Å²) in [5.74, 6) is -0.899. The van der Waals surface area contributed by atoms with Crippen molar-refractivity contribution in [1.29, 1.82) is 0 Å². The van der Waals surface area contributed by atoms with E-state index in [1.54, 1.807) is 36.7 Å². The maximum absolute atomic E-state index is 12.8. The van der Waals surface area contributed by atoms with Crippen molar-refractivity contribution in [2.24, 2.45) is 0 Å². The summed E-state index contributed by atoms with van der Waals surface area (Å²) < 4.78 is 11.5. The molecule has 166 valence electrons. The molecular formula is C22H22N4O6. The van der Waals surface area contributed by atoms with Crippen LogP contribution in [0.1, 0.15) is 37.7 Å². The fourth-order valence-corrected chi connectivity index (χ4v) is 3.32. The van der Waals surface area contributed by atoms with Crippen molar-refractivity contribution in [3.8, 4) is 5.75 Å². The second kappa shape index (κ2) is 9.29. The third-order valence-electron chi connectivity index (χ3n) is 5.00. The van der Waals surface area contributed by atoms with E-state index in [1.807, 2.05) is 6.07 Å². The molecule has 0 radical (unpaired) electrons. The lowest BCUT2D eigenvalue weighted by Crippen LogP contribution is -2.14. The maximum Gasteiger partial charge on any atom is 0.338 e. The number of anilines is 1. The van der Waals surface area contributed by atoms with E-state index in [2.05, 4.69) is 10.4 Å². The van der Waals surface area contributed by atoms with Crippen LogP contribution in [0.3, 0.4) is 0 Å². The summed E-state index contributed by atoms with van der Waals surface area (Å²) in [6.45, 7) is 3.82. The van der Waals surface area contributed by atoms with Gasteiger partial charge in [0.15, 0.2) is 5.75 Å². The fourth-order valence-electron chi connectivity index (χ4n) is 3.32. The van der Waals surface area contributed by atoms with Crippen LogP contribution < -0.4 is 10.1 Å². The third-order valence-corrected chi connectivity index (χ3v) is 5.00. The summed E-state index contributed by atoms with van der Waals surface area (Å²) in [6, 6.07) is 11.0. The largest absolute Gasteiger partial charge is 0.490 e. The summed E-state index contributed by atoms with van der Waals surface area (Å²) in [5, 5.41) is 18.5. The SMILES string of the molecule is COC(=O)c1ccccc1Cn1nc(C)c(NC(=O)c2ccc(OC)c([N+](=O)[O-])c2)c1C. The van der Waals surface area contributed by atoms with Crippen molar-refractivity contribution in [3.05, 3.63) is 80.7 Å². The summed E-state index contributed by atoms with van der Waals surface area (Å²) in [4.78, 5) is 35.4. The van der Waals surface area contributed by atoms with E-state index in [4.69, 9.17) is 9.47 Å². The van der Waals surface area contributed by atoms with Gasteiger partial charge in [-0.25, -0.2) is 4.79 Å². The molecule has 3 rings (SSSR count). The first-order valence-corrected chi connectivity index (χ1v) is 9.60. The molecule has 0 spiro atoms. The Morgan fingerprint density at radius 3 is 2.53 bits per heavy atom. The first-order chi connectivity index (χ1) is 15.3. The Bertz CT molecular complexity index is 1200. The molecule has 1 N–H and O–H groups in total. The van der Waals surface area contributed by atoms with E-state index < -0.39 is 16.8 Å². The summed E-state index contributed by atoms with van der Waals surface area (Å²) in [5.41, 5.74) is 2.67. The zero-order valence-corrected chi connectivity index (χ0v) is 18.0. The van der Waals surface area contributed by atoms with Gasteiger partial charge in [-0.2, -0.15) is 5.10 Å². The molecule has 0 aliphatic heterocycles. The molecule has 1 heterocycles. The van der Waals surface area contributed by atoms with Gasteiger partial charge in [-0.15, -0.1) is 0 Å². The number of methoxy groups -OCH3 is 2. The molecule has 1 aromatic heterocycles. The van der Waals surface area contributed by atoms with Crippen LogP contribution in [0.15, 0.2) is 42.5 Å². The molecular weight excluding hydrogens is 416 g/mol. The number of aryl methyl sites for hydroxylation is 1. The molecule has 0 unspecified atom stereocenters. The van der Waals surface area contributed by atoms with Gasteiger partial charge >= 0.3 is 11.7 Å². The number of esters is 1. The number of ether oxygens (including phenoxy) is 2. The van der Waals surface area contributed by atoms with Crippen LogP contribution in [-0.2, 0) is 11.3 Å². The second-order valence-electron chi connectivity index (χ2n) is 6.95. The van der Waals surface area contributed by atoms with Crippen molar-refractivity contribution in [3.63, 3.8) is 0 Å². The summed E-state index contributed by atoms with van der Waals surface area (Å²) in [6.07, 6.45) is 0. The monoisotopic (exact) mass is 438 g/mol. The van der Waals surface area contributed by atoms with E-state index in [1.165, 1.54) is 26.4 Å². The van der Waals surface area contributed by atoms with Crippen LogP contribution in [0.25, 0.3) is 0 Å². The summed E-state index contributed by atoms with van der Waals surface area (Å²) in [7, 11) is 2.64. The van der Waals surface area contributed by atoms with E-state index in [0.29, 0.717) is 34.7 Å². The fraction of sp³-hybridized carbons (Fsp3) is 0.227. The number of nitrogens with zero attached hydrogens (tertiary/aromatic N) is 3. The minimum absolute atomic E-state index is 0.0657. The van der Waals surface area contributed by atoms with Crippen LogP contribution in [0.2, 0.25) is 0 Å². The highest BCUT2D eigenvalue weighted by Crippen LogP contribution is 2.28. The van der Waals surface area contributed by atoms with Crippen LogP contribution in [0.5, 0.6) is 5.75 Å². The molecule has 0 saturated carbocycles. The minimum Gasteiger partial charge on any atom is -0.490 e. The highest BCUT2D eigenvalue weighted by Gasteiger charge is 2.21. The molecule has 3 aromatic rings. The number of hydrogen-bond acceptors (Lipinski definition) is 7. The number of aromatic nitrogens is 2. The standard InChI is InChI=1S/C22H22N4O6/c1-13-20(23-21(27)15-9-10-19(31-3)18(11-15)26(29)30)14(2)25(24-13)12-16-7-5-6-8-17(16)22(28)32-4/h5-11H,12H2,1-4H3,(H,23,27). The quantitative estimate of drug-likeness (QED) is 0.340. The highest BCUT2D eigenvalue weighted by molar-refractivity contribution is 6.05. The number of nitro groups is 1. The number of nitrogens with one attached hydrogen (secondary N) is 1. The highest BCUT2D eigenvalue weighted by atomic mass is 16.6. The molecule has 0 saturated heterocycles. The average molecular weight is 438 g/mol.